The summed E-state index contributed by atoms with van der Waals surface area (Å²) in [5, 5.41) is 2.82. The zero-order chi connectivity index (χ0) is 27.4. The molecule has 0 heterocycles. The number of likely N-dealkylation sites (N-methyl/N-ethyl adjacent to an activating group) is 1. The Hall–Kier alpha value is -3.27. The lowest BCUT2D eigenvalue weighted by atomic mass is 10.1. The highest BCUT2D eigenvalue weighted by Gasteiger charge is 2.29. The number of sulfonamides is 1. The van der Waals surface area contributed by atoms with Gasteiger partial charge in [-0.15, -0.1) is 0 Å². The third kappa shape index (κ3) is 8.66. The average molecular weight is 534 g/mol. The van der Waals surface area contributed by atoms with Crippen LogP contribution < -0.4 is 19.1 Å². The maximum Gasteiger partial charge on any atom is 0.242 e. The van der Waals surface area contributed by atoms with Gasteiger partial charge >= 0.3 is 0 Å². The highest BCUT2D eigenvalue weighted by Crippen LogP contribution is 2.30. The summed E-state index contributed by atoms with van der Waals surface area (Å²) in [5.41, 5.74) is 1.26. The normalized spacial score (nSPS) is 11.9. The molecule has 1 atom stereocenters. The molecule has 0 fully saturated rings. The molecule has 2 aromatic rings. The van der Waals surface area contributed by atoms with E-state index in [1.165, 1.54) is 4.31 Å². The maximum absolute atomic E-state index is 13.5. The van der Waals surface area contributed by atoms with Crippen molar-refractivity contribution in [1.29, 1.82) is 0 Å². The van der Waals surface area contributed by atoms with E-state index < -0.39 is 16.1 Å². The van der Waals surface area contributed by atoms with Crippen molar-refractivity contribution in [2.45, 2.75) is 52.6 Å². The van der Waals surface area contributed by atoms with E-state index in [1.807, 2.05) is 45.0 Å². The van der Waals surface area contributed by atoms with Crippen LogP contribution in [0.25, 0.3) is 0 Å². The summed E-state index contributed by atoms with van der Waals surface area (Å²) in [6, 6.07) is 13.6. The molecule has 0 bridgehead atoms. The molecule has 0 unspecified atom stereocenters. The van der Waals surface area contributed by atoms with Crippen LogP contribution in [0.2, 0.25) is 0 Å². The molecule has 2 aromatic carbocycles. The first-order valence-corrected chi connectivity index (χ1v) is 14.4. The smallest absolute Gasteiger partial charge is 0.242 e. The highest BCUT2D eigenvalue weighted by molar-refractivity contribution is 7.92. The molecule has 0 aliphatic carbocycles. The molecule has 0 aliphatic rings. The van der Waals surface area contributed by atoms with E-state index in [0.29, 0.717) is 36.8 Å². The van der Waals surface area contributed by atoms with E-state index >= 15 is 0 Å². The Balaban J connectivity index is 2.25. The number of hydrogen-bond donors (Lipinski definition) is 1. The molecule has 0 aliphatic heterocycles. The number of para-hydroxylation sites is 2. The fraction of sp³-hybridized carbons (Fsp3) is 0.481. The molecular weight excluding hydrogens is 494 g/mol. The zero-order valence-corrected chi connectivity index (χ0v) is 23.2. The van der Waals surface area contributed by atoms with E-state index in [-0.39, 0.29) is 37.7 Å². The van der Waals surface area contributed by atoms with Crippen LogP contribution in [0.4, 0.5) is 5.69 Å². The van der Waals surface area contributed by atoms with Gasteiger partial charge in [0.1, 0.15) is 17.5 Å². The Morgan fingerprint density at radius 1 is 1.05 bits per heavy atom. The molecule has 1 N–H and O–H groups in total. The lowest BCUT2D eigenvalue weighted by Gasteiger charge is -2.31. The molecular formula is C27H39N3O6S. The van der Waals surface area contributed by atoms with Crippen molar-refractivity contribution in [3.05, 3.63) is 54.1 Å². The molecule has 0 saturated carbocycles. The second-order valence-corrected chi connectivity index (χ2v) is 10.4. The molecule has 204 valence electrons. The first kappa shape index (κ1) is 30.0. The van der Waals surface area contributed by atoms with Crippen molar-refractivity contribution in [2.75, 3.05) is 37.4 Å². The number of ether oxygens (including phenoxy) is 2. The third-order valence-electron chi connectivity index (χ3n) is 5.81. The Kier molecular flexibility index (Phi) is 11.7. The van der Waals surface area contributed by atoms with Gasteiger partial charge in [0.15, 0.2) is 0 Å². The second kappa shape index (κ2) is 14.5. The van der Waals surface area contributed by atoms with Gasteiger partial charge in [-0.2, -0.15) is 0 Å². The minimum absolute atomic E-state index is 0.0721. The van der Waals surface area contributed by atoms with Crippen molar-refractivity contribution in [3.8, 4) is 11.5 Å². The Labute approximate surface area is 220 Å². The summed E-state index contributed by atoms with van der Waals surface area (Å²) >= 11 is 0. The van der Waals surface area contributed by atoms with Crippen LogP contribution in [0.15, 0.2) is 48.5 Å². The summed E-state index contributed by atoms with van der Waals surface area (Å²) < 4.78 is 37.4. The van der Waals surface area contributed by atoms with Crippen molar-refractivity contribution >= 4 is 27.5 Å². The molecule has 2 rings (SSSR count). The van der Waals surface area contributed by atoms with Crippen LogP contribution in [-0.4, -0.2) is 64.2 Å². The van der Waals surface area contributed by atoms with Gasteiger partial charge in [-0.25, -0.2) is 8.42 Å². The first-order chi connectivity index (χ1) is 17.7. The van der Waals surface area contributed by atoms with Gasteiger partial charge in [0, 0.05) is 26.1 Å². The van der Waals surface area contributed by atoms with Gasteiger partial charge in [-0.1, -0.05) is 31.2 Å². The summed E-state index contributed by atoms with van der Waals surface area (Å²) in [6.45, 7) is 6.70. The predicted molar refractivity (Wildman–Crippen MR) is 145 cm³/mol. The minimum Gasteiger partial charge on any atom is -0.497 e. The van der Waals surface area contributed by atoms with Crippen molar-refractivity contribution in [3.63, 3.8) is 0 Å². The third-order valence-corrected chi connectivity index (χ3v) is 6.99. The number of carbonyl (C=O) groups excluding carboxylic acids is 2. The standard InChI is InChI=1S/C27H39N3O6S/c1-6-23(27(32)28-7-2)29(20-21-13-11-14-22(19-21)35-4)26(31)17-12-18-30(37(5,33)34)24-15-9-10-16-25(24)36-8-3/h9-11,13-16,19,23H,6-8,12,17-18,20H2,1-5H3,(H,28,32)/t23-/m1/s1. The Bertz CT molecular complexity index is 1140. The summed E-state index contributed by atoms with van der Waals surface area (Å²) in [7, 11) is -2.05. The zero-order valence-electron chi connectivity index (χ0n) is 22.4. The molecule has 10 heteroatoms. The second-order valence-electron chi connectivity index (χ2n) is 8.53. The van der Waals surface area contributed by atoms with Crippen LogP contribution in [0.3, 0.4) is 0 Å². The van der Waals surface area contributed by atoms with E-state index in [2.05, 4.69) is 5.32 Å². The lowest BCUT2D eigenvalue weighted by Crippen LogP contribution is -2.49. The number of hydrogen-bond acceptors (Lipinski definition) is 6. The fourth-order valence-electron chi connectivity index (χ4n) is 4.10. The number of anilines is 1. The molecule has 2 amide bonds. The summed E-state index contributed by atoms with van der Waals surface area (Å²) in [6.07, 6.45) is 1.92. The summed E-state index contributed by atoms with van der Waals surface area (Å²) in [4.78, 5) is 27.8. The van der Waals surface area contributed by atoms with Crippen molar-refractivity contribution < 1.29 is 27.5 Å². The molecule has 9 nitrogen and oxygen atoms in total. The van der Waals surface area contributed by atoms with Crippen LogP contribution in [0.1, 0.15) is 45.6 Å². The van der Waals surface area contributed by atoms with E-state index in [4.69, 9.17) is 9.47 Å². The summed E-state index contributed by atoms with van der Waals surface area (Å²) in [5.74, 6) is 0.675. The fourth-order valence-corrected chi connectivity index (χ4v) is 5.07. The predicted octanol–water partition coefficient (Wildman–Crippen LogP) is 3.58. The number of carbonyl (C=O) groups is 2. The first-order valence-electron chi connectivity index (χ1n) is 12.6. The van der Waals surface area contributed by atoms with Gasteiger partial charge in [-0.05, 0) is 56.5 Å². The number of nitrogens with one attached hydrogen (secondary N) is 1. The molecule has 37 heavy (non-hydrogen) atoms. The van der Waals surface area contributed by atoms with Crippen LogP contribution in [-0.2, 0) is 26.2 Å². The van der Waals surface area contributed by atoms with Crippen molar-refractivity contribution in [2.24, 2.45) is 0 Å². The minimum atomic E-state index is -3.62. The Morgan fingerprint density at radius 2 is 1.78 bits per heavy atom. The topological polar surface area (TPSA) is 105 Å². The average Bonchev–Trinajstić information content (AvgIpc) is 2.86. The number of amides is 2. The monoisotopic (exact) mass is 533 g/mol. The van der Waals surface area contributed by atoms with Gasteiger partial charge in [-0.3, -0.25) is 13.9 Å². The van der Waals surface area contributed by atoms with Crippen LogP contribution >= 0.6 is 0 Å². The van der Waals surface area contributed by atoms with Gasteiger partial charge < -0.3 is 19.7 Å². The molecule has 0 aromatic heterocycles. The van der Waals surface area contributed by atoms with Crippen molar-refractivity contribution in [1.82, 2.24) is 10.2 Å². The largest absolute Gasteiger partial charge is 0.497 e. The van der Waals surface area contributed by atoms with Gasteiger partial charge in [0.2, 0.25) is 21.8 Å². The highest BCUT2D eigenvalue weighted by atomic mass is 32.2. The van der Waals surface area contributed by atoms with E-state index in [9.17, 15) is 18.0 Å². The number of nitrogens with zero attached hydrogens (tertiary/aromatic N) is 2. The van der Waals surface area contributed by atoms with Gasteiger partial charge in [0.25, 0.3) is 0 Å². The molecule has 0 saturated heterocycles. The number of rotatable bonds is 15. The number of benzene rings is 2. The number of methoxy groups -OCH3 is 1. The molecule has 0 radical (unpaired) electrons. The maximum atomic E-state index is 13.5. The SMILES string of the molecule is CCNC(=O)[C@@H](CC)N(Cc1cccc(OC)c1)C(=O)CCCN(c1ccccc1OCC)S(C)(=O)=O. The van der Waals surface area contributed by atoms with E-state index in [0.717, 1.165) is 11.8 Å². The molecule has 0 spiro atoms. The van der Waals surface area contributed by atoms with Crippen LogP contribution in [0.5, 0.6) is 11.5 Å². The lowest BCUT2D eigenvalue weighted by molar-refractivity contribution is -0.141. The van der Waals surface area contributed by atoms with E-state index in [1.54, 1.807) is 36.3 Å². The van der Waals surface area contributed by atoms with Gasteiger partial charge in [0.05, 0.1) is 25.7 Å². The van der Waals surface area contributed by atoms with Crippen LogP contribution in [0, 0.1) is 0 Å². The Morgan fingerprint density at radius 3 is 2.41 bits per heavy atom. The quantitative estimate of drug-likeness (QED) is 0.375.